The van der Waals surface area contributed by atoms with Gasteiger partial charge in [-0.1, -0.05) is 11.3 Å². The molecule has 0 amide bonds. The van der Waals surface area contributed by atoms with Crippen LogP contribution >= 0.6 is 23.1 Å². The smallest absolute Gasteiger partial charge is 0.271 e. The predicted molar refractivity (Wildman–Crippen MR) is 73.4 cm³/mol. The molecule has 0 radical (unpaired) electrons. The molecule has 0 atom stereocenters. The number of thiazole rings is 1. The number of nitrogens with one attached hydrogen (secondary N) is 1. The van der Waals surface area contributed by atoms with E-state index in [1.807, 2.05) is 0 Å². The zero-order chi connectivity index (χ0) is 13.4. The number of non-ortho nitro benzene ring substituents is 1. The molecule has 0 aliphatic heterocycles. The SMILES string of the molecule is Nc1ncc(Sc2nc3ccc([N+](=O)[O-])cc3[nH]2)s1. The number of nitro groups is 1. The van der Waals surface area contributed by atoms with E-state index in [9.17, 15) is 10.1 Å². The Morgan fingerprint density at radius 2 is 2.32 bits per heavy atom. The van der Waals surface area contributed by atoms with Gasteiger partial charge in [-0.25, -0.2) is 9.97 Å². The third-order valence-corrected chi connectivity index (χ3v) is 4.17. The van der Waals surface area contributed by atoms with Crippen LogP contribution in [0.15, 0.2) is 33.8 Å². The number of hydrogen-bond donors (Lipinski definition) is 2. The molecule has 3 rings (SSSR count). The van der Waals surface area contributed by atoms with Crippen LogP contribution in [0.4, 0.5) is 10.8 Å². The topological polar surface area (TPSA) is 111 Å². The normalized spacial score (nSPS) is 10.9. The Kier molecular flexibility index (Phi) is 2.84. The number of nitro benzene ring substituents is 1. The van der Waals surface area contributed by atoms with Gasteiger partial charge < -0.3 is 10.7 Å². The molecule has 0 bridgehead atoms. The molecule has 0 unspecified atom stereocenters. The minimum atomic E-state index is -0.434. The fourth-order valence-corrected chi connectivity index (χ4v) is 3.23. The number of hydrogen-bond acceptors (Lipinski definition) is 7. The molecule has 7 nitrogen and oxygen atoms in total. The lowest BCUT2D eigenvalue weighted by Gasteiger charge is -1.90. The van der Waals surface area contributed by atoms with Crippen molar-refractivity contribution in [3.8, 4) is 0 Å². The van der Waals surface area contributed by atoms with Gasteiger partial charge in [-0.15, -0.1) is 0 Å². The number of anilines is 1. The number of fused-ring (bicyclic) bond motifs is 1. The predicted octanol–water partition coefficient (Wildman–Crippen LogP) is 2.66. The summed E-state index contributed by atoms with van der Waals surface area (Å²) in [7, 11) is 0. The largest absolute Gasteiger partial charge is 0.375 e. The van der Waals surface area contributed by atoms with E-state index < -0.39 is 4.92 Å². The van der Waals surface area contributed by atoms with E-state index >= 15 is 0 Å². The van der Waals surface area contributed by atoms with Crippen molar-refractivity contribution in [1.82, 2.24) is 15.0 Å². The van der Waals surface area contributed by atoms with Gasteiger partial charge in [-0.2, -0.15) is 0 Å². The summed E-state index contributed by atoms with van der Waals surface area (Å²) in [5, 5.41) is 11.8. The van der Waals surface area contributed by atoms with Gasteiger partial charge in [0.2, 0.25) is 0 Å². The molecule has 0 aliphatic rings. The number of nitrogens with zero attached hydrogens (tertiary/aromatic N) is 3. The van der Waals surface area contributed by atoms with Gasteiger partial charge in [0.15, 0.2) is 10.3 Å². The van der Waals surface area contributed by atoms with E-state index in [-0.39, 0.29) is 5.69 Å². The summed E-state index contributed by atoms with van der Waals surface area (Å²) < 4.78 is 0.908. The first kappa shape index (κ1) is 11.9. The monoisotopic (exact) mass is 293 g/mol. The molecule has 0 saturated carbocycles. The van der Waals surface area contributed by atoms with Crippen LogP contribution in [-0.4, -0.2) is 19.9 Å². The van der Waals surface area contributed by atoms with Gasteiger partial charge in [-0.3, -0.25) is 10.1 Å². The molecule has 0 saturated heterocycles. The number of aromatic nitrogens is 3. The second kappa shape index (κ2) is 4.52. The average molecular weight is 293 g/mol. The van der Waals surface area contributed by atoms with Gasteiger partial charge >= 0.3 is 0 Å². The van der Waals surface area contributed by atoms with Crippen LogP contribution in [0.2, 0.25) is 0 Å². The van der Waals surface area contributed by atoms with Gasteiger partial charge in [0.05, 0.1) is 26.4 Å². The van der Waals surface area contributed by atoms with Crippen molar-refractivity contribution < 1.29 is 4.92 Å². The summed E-state index contributed by atoms with van der Waals surface area (Å²) in [6.45, 7) is 0. The highest BCUT2D eigenvalue weighted by molar-refractivity contribution is 8.01. The molecule has 0 fully saturated rings. The fourth-order valence-electron chi connectivity index (χ4n) is 1.55. The molecule has 3 N–H and O–H groups in total. The molecular weight excluding hydrogens is 286 g/mol. The third-order valence-electron chi connectivity index (χ3n) is 2.35. The molecule has 96 valence electrons. The summed E-state index contributed by atoms with van der Waals surface area (Å²) in [5.41, 5.74) is 6.91. The van der Waals surface area contributed by atoms with E-state index in [1.165, 1.54) is 35.2 Å². The molecule has 1 aromatic carbocycles. The molecule has 19 heavy (non-hydrogen) atoms. The molecule has 0 spiro atoms. The summed E-state index contributed by atoms with van der Waals surface area (Å²) in [5.74, 6) is 0. The van der Waals surface area contributed by atoms with Gasteiger partial charge in [0.25, 0.3) is 5.69 Å². The molecule has 9 heteroatoms. The van der Waals surface area contributed by atoms with Crippen LogP contribution in [-0.2, 0) is 0 Å². The zero-order valence-electron chi connectivity index (χ0n) is 9.36. The molecule has 2 heterocycles. The minimum absolute atomic E-state index is 0.0368. The number of aromatic amines is 1. The molecule has 3 aromatic rings. The number of nitrogens with two attached hydrogens (primary N) is 1. The Labute approximate surface area is 115 Å². The van der Waals surface area contributed by atoms with Crippen molar-refractivity contribution in [2.75, 3.05) is 5.73 Å². The maximum absolute atomic E-state index is 10.7. The number of H-pyrrole nitrogens is 1. The summed E-state index contributed by atoms with van der Waals surface area (Å²) in [6.07, 6.45) is 1.67. The first-order chi connectivity index (χ1) is 9.11. The fraction of sp³-hybridized carbons (Fsp3) is 0. The first-order valence-electron chi connectivity index (χ1n) is 5.15. The van der Waals surface area contributed by atoms with E-state index in [0.717, 1.165) is 4.21 Å². The molecule has 0 aliphatic carbocycles. The molecule has 2 aromatic heterocycles. The highest BCUT2D eigenvalue weighted by atomic mass is 32.2. The van der Waals surface area contributed by atoms with Crippen molar-refractivity contribution in [2.24, 2.45) is 0 Å². The zero-order valence-corrected chi connectivity index (χ0v) is 11.0. The van der Waals surface area contributed by atoms with E-state index in [2.05, 4.69) is 15.0 Å². The van der Waals surface area contributed by atoms with Gasteiger partial charge in [0, 0.05) is 12.1 Å². The number of rotatable bonds is 3. The number of imidazole rings is 1. The Hall–Kier alpha value is -2.13. The lowest BCUT2D eigenvalue weighted by Crippen LogP contribution is -1.86. The maximum atomic E-state index is 10.7. The van der Waals surface area contributed by atoms with Crippen LogP contribution < -0.4 is 5.73 Å². The van der Waals surface area contributed by atoms with E-state index in [1.54, 1.807) is 12.3 Å². The van der Waals surface area contributed by atoms with Crippen LogP contribution in [0.3, 0.4) is 0 Å². The Morgan fingerprint density at radius 3 is 3.00 bits per heavy atom. The summed E-state index contributed by atoms with van der Waals surface area (Å²) in [4.78, 5) is 21.6. The molecular formula is C10H7N5O2S2. The highest BCUT2D eigenvalue weighted by Gasteiger charge is 2.11. The van der Waals surface area contributed by atoms with Crippen molar-refractivity contribution >= 4 is 45.0 Å². The van der Waals surface area contributed by atoms with Crippen molar-refractivity contribution in [3.05, 3.63) is 34.5 Å². The van der Waals surface area contributed by atoms with Gasteiger partial charge in [0.1, 0.15) is 0 Å². The highest BCUT2D eigenvalue weighted by Crippen LogP contribution is 2.32. The Morgan fingerprint density at radius 1 is 1.47 bits per heavy atom. The van der Waals surface area contributed by atoms with E-state index in [0.29, 0.717) is 21.3 Å². The van der Waals surface area contributed by atoms with Crippen LogP contribution in [0, 0.1) is 10.1 Å². The summed E-state index contributed by atoms with van der Waals surface area (Å²) in [6, 6.07) is 4.52. The van der Waals surface area contributed by atoms with Crippen molar-refractivity contribution in [1.29, 1.82) is 0 Å². The second-order valence-electron chi connectivity index (χ2n) is 3.62. The first-order valence-corrected chi connectivity index (χ1v) is 6.78. The lowest BCUT2D eigenvalue weighted by atomic mass is 10.3. The second-order valence-corrected chi connectivity index (χ2v) is 5.97. The van der Waals surface area contributed by atoms with Crippen molar-refractivity contribution in [3.63, 3.8) is 0 Å². The number of nitrogen functional groups attached to an aromatic ring is 1. The Bertz CT molecular complexity index is 766. The number of benzene rings is 1. The summed E-state index contributed by atoms with van der Waals surface area (Å²) >= 11 is 2.75. The maximum Gasteiger partial charge on any atom is 0.271 e. The Balaban J connectivity index is 1.95. The minimum Gasteiger partial charge on any atom is -0.375 e. The quantitative estimate of drug-likeness (QED) is 0.567. The van der Waals surface area contributed by atoms with Crippen molar-refractivity contribution in [2.45, 2.75) is 9.37 Å². The standard InChI is InChI=1S/C10H7N5O2S2/c11-9-12-4-8(18-9)19-10-13-6-2-1-5(15(16)17)3-7(6)14-10/h1-4H,(H2,11,12)(H,13,14). The lowest BCUT2D eigenvalue weighted by molar-refractivity contribution is -0.384. The third kappa shape index (κ3) is 2.37. The van der Waals surface area contributed by atoms with Gasteiger partial charge in [-0.05, 0) is 17.8 Å². The van der Waals surface area contributed by atoms with E-state index in [4.69, 9.17) is 5.73 Å². The average Bonchev–Trinajstić information content (AvgIpc) is 2.94. The van der Waals surface area contributed by atoms with Crippen LogP contribution in [0.1, 0.15) is 0 Å². The van der Waals surface area contributed by atoms with Crippen LogP contribution in [0.5, 0.6) is 0 Å². The van der Waals surface area contributed by atoms with Crippen LogP contribution in [0.25, 0.3) is 11.0 Å².